The summed E-state index contributed by atoms with van der Waals surface area (Å²) in [7, 11) is -3.52. The van der Waals surface area contributed by atoms with Crippen LogP contribution < -0.4 is 10.5 Å². The molecule has 50 heavy (non-hydrogen) atoms. The highest BCUT2D eigenvalue weighted by molar-refractivity contribution is 7.98. The molecule has 0 heterocycles. The van der Waals surface area contributed by atoms with E-state index in [1.807, 2.05) is 62.6 Å². The van der Waals surface area contributed by atoms with Gasteiger partial charge in [0.15, 0.2) is 0 Å². The predicted octanol–water partition coefficient (Wildman–Crippen LogP) is 7.51. The Kier molecular flexibility index (Phi) is 18.3. The van der Waals surface area contributed by atoms with Gasteiger partial charge in [-0.2, -0.15) is 11.8 Å². The maximum absolute atomic E-state index is 13.4. The van der Waals surface area contributed by atoms with Crippen LogP contribution in [0.4, 0.5) is 0 Å². The molecular weight excluding hydrogens is 690 g/mol. The summed E-state index contributed by atoms with van der Waals surface area (Å²) in [4.78, 5) is 27.8. The largest absolute Gasteiger partial charge is 0.480 e. The second-order valence-electron chi connectivity index (χ2n) is 12.1. The fourth-order valence-corrected chi connectivity index (χ4v) is 6.27. The van der Waals surface area contributed by atoms with Gasteiger partial charge in [0.25, 0.3) is 5.91 Å². The number of carboxylic acids is 1. The number of primary sulfonamides is 1. The van der Waals surface area contributed by atoms with Crippen molar-refractivity contribution in [3.63, 3.8) is 0 Å². The minimum atomic E-state index is -3.52. The van der Waals surface area contributed by atoms with E-state index in [0.29, 0.717) is 17.7 Å². The molecule has 8 nitrogen and oxygen atoms in total. The number of carbonyl (C=O) groups is 2. The number of hydrogen-bond acceptors (Lipinski definition) is 6. The van der Waals surface area contributed by atoms with E-state index in [0.717, 1.165) is 66.7 Å². The van der Waals surface area contributed by atoms with Crippen molar-refractivity contribution in [2.24, 2.45) is 5.14 Å². The summed E-state index contributed by atoms with van der Waals surface area (Å²) in [5.74, 6) is -0.695. The molecule has 1 atom stereocenters. The summed E-state index contributed by atoms with van der Waals surface area (Å²) < 4.78 is 21.4. The first kappa shape index (κ1) is 42.5. The number of amides is 1. The van der Waals surface area contributed by atoms with E-state index in [9.17, 15) is 23.1 Å². The van der Waals surface area contributed by atoms with Crippen LogP contribution in [0.15, 0.2) is 102 Å². The maximum atomic E-state index is 13.4. The summed E-state index contributed by atoms with van der Waals surface area (Å²) in [6.45, 7) is 8.90. The summed E-state index contributed by atoms with van der Waals surface area (Å²) in [6.07, 6.45) is 5.57. The lowest BCUT2D eigenvalue weighted by molar-refractivity contribution is -0.139. The third-order valence-electron chi connectivity index (χ3n) is 8.12. The molecular formula is C39H50ClN3O5S2. The van der Waals surface area contributed by atoms with Gasteiger partial charge in [-0.05, 0) is 104 Å². The molecule has 0 bridgehead atoms. The number of benzene rings is 4. The fourth-order valence-electron chi connectivity index (χ4n) is 5.28. The molecule has 270 valence electrons. The highest BCUT2D eigenvalue weighted by Gasteiger charge is 2.23. The summed E-state index contributed by atoms with van der Waals surface area (Å²) in [6, 6.07) is 30.0. The molecule has 0 radical (unpaired) electrons. The number of nitrogens with one attached hydrogen (secondary N) is 1. The average molecular weight is 740 g/mol. The average Bonchev–Trinajstić information content (AvgIpc) is 3.08. The Hall–Kier alpha value is -3.67. The van der Waals surface area contributed by atoms with E-state index in [2.05, 4.69) is 47.5 Å². The number of sulfonamides is 1. The van der Waals surface area contributed by atoms with Crippen LogP contribution >= 0.6 is 24.2 Å². The maximum Gasteiger partial charge on any atom is 0.326 e. The van der Waals surface area contributed by atoms with Crippen LogP contribution in [0.3, 0.4) is 0 Å². The molecule has 0 aliphatic rings. The van der Waals surface area contributed by atoms with Crippen LogP contribution in [0.25, 0.3) is 11.1 Å². The third kappa shape index (κ3) is 13.9. The molecule has 4 rings (SSSR count). The number of nitrogens with two attached hydrogens (primary N) is 1. The van der Waals surface area contributed by atoms with E-state index in [1.54, 1.807) is 23.9 Å². The first-order chi connectivity index (χ1) is 23.4. The number of nitrogens with zero attached hydrogens (tertiary/aromatic N) is 1. The monoisotopic (exact) mass is 739 g/mol. The van der Waals surface area contributed by atoms with E-state index >= 15 is 0 Å². The van der Waals surface area contributed by atoms with Gasteiger partial charge < -0.3 is 10.4 Å². The van der Waals surface area contributed by atoms with Crippen LogP contribution in [0, 0.1) is 13.8 Å². The zero-order valence-corrected chi connectivity index (χ0v) is 31.8. The normalized spacial score (nSPS) is 11.6. The summed E-state index contributed by atoms with van der Waals surface area (Å²) >= 11 is 1.57. The van der Waals surface area contributed by atoms with Crippen molar-refractivity contribution in [2.75, 3.05) is 25.1 Å². The lowest BCUT2D eigenvalue weighted by atomic mass is 9.93. The number of carboxylic acid groups (broad SMARTS) is 1. The topological polar surface area (TPSA) is 130 Å². The molecule has 4 aromatic rings. The van der Waals surface area contributed by atoms with E-state index < -0.39 is 22.0 Å². The molecule has 1 unspecified atom stereocenters. The minimum Gasteiger partial charge on any atom is -0.480 e. The minimum absolute atomic E-state index is 0. The Balaban J connectivity index is 0.000000615. The Morgan fingerprint density at radius 1 is 0.880 bits per heavy atom. The Morgan fingerprint density at radius 3 is 2.14 bits per heavy atom. The third-order valence-corrected chi connectivity index (χ3v) is 9.69. The molecule has 0 aliphatic carbocycles. The number of halogens is 1. The van der Waals surface area contributed by atoms with Gasteiger partial charge in [0.05, 0.1) is 4.90 Å². The van der Waals surface area contributed by atoms with Crippen molar-refractivity contribution in [1.29, 1.82) is 0 Å². The van der Waals surface area contributed by atoms with Gasteiger partial charge in [0, 0.05) is 18.7 Å². The van der Waals surface area contributed by atoms with Crippen molar-refractivity contribution < 1.29 is 23.1 Å². The van der Waals surface area contributed by atoms with Gasteiger partial charge in [0.2, 0.25) is 10.0 Å². The van der Waals surface area contributed by atoms with Crippen LogP contribution in [0.2, 0.25) is 0 Å². The van der Waals surface area contributed by atoms with Gasteiger partial charge in [-0.25, -0.2) is 18.4 Å². The number of hydrogen-bond donors (Lipinski definition) is 3. The highest BCUT2D eigenvalue weighted by atomic mass is 35.5. The number of rotatable bonds is 16. The van der Waals surface area contributed by atoms with E-state index in [1.165, 1.54) is 17.7 Å². The quantitative estimate of drug-likeness (QED) is 0.109. The predicted molar refractivity (Wildman–Crippen MR) is 209 cm³/mol. The molecule has 4 aromatic carbocycles. The second kappa shape index (κ2) is 21.5. The number of thioether (sulfide) groups is 1. The molecule has 0 aliphatic heterocycles. The van der Waals surface area contributed by atoms with Gasteiger partial charge in [-0.15, -0.1) is 12.4 Å². The molecule has 0 spiro atoms. The van der Waals surface area contributed by atoms with Crippen molar-refractivity contribution in [2.45, 2.75) is 63.9 Å². The SMILES string of the molecule is CCCCN(CCc1ccccc1)Cc1ccc(C(=O)NC(CCSC)C(=O)O)c(-c2ccccc2C)c1.Cc1ccc(S(N)(=O)=O)cc1.Cl. The van der Waals surface area contributed by atoms with Crippen molar-refractivity contribution in [3.05, 3.63) is 125 Å². The molecule has 0 saturated heterocycles. The number of aryl methyl sites for hydroxylation is 2. The lowest BCUT2D eigenvalue weighted by Gasteiger charge is -2.23. The Bertz CT molecular complexity index is 1750. The van der Waals surface area contributed by atoms with E-state index in [4.69, 9.17) is 5.14 Å². The van der Waals surface area contributed by atoms with Crippen molar-refractivity contribution in [1.82, 2.24) is 10.2 Å². The molecule has 4 N–H and O–H groups in total. The molecule has 0 saturated carbocycles. The van der Waals surface area contributed by atoms with Gasteiger partial charge >= 0.3 is 5.97 Å². The molecule has 0 aromatic heterocycles. The number of carbonyl (C=O) groups excluding carboxylic acids is 1. The Morgan fingerprint density at radius 2 is 1.54 bits per heavy atom. The smallest absolute Gasteiger partial charge is 0.326 e. The second-order valence-corrected chi connectivity index (χ2v) is 14.6. The molecule has 0 fully saturated rings. The van der Waals surface area contributed by atoms with Crippen LogP contribution in [-0.2, 0) is 27.8 Å². The Labute approximate surface area is 308 Å². The molecule has 1 amide bonds. The van der Waals surface area contributed by atoms with Crippen LogP contribution in [0.1, 0.15) is 58.8 Å². The van der Waals surface area contributed by atoms with Crippen LogP contribution in [0.5, 0.6) is 0 Å². The van der Waals surface area contributed by atoms with Crippen molar-refractivity contribution >= 4 is 46.1 Å². The van der Waals surface area contributed by atoms with Crippen molar-refractivity contribution in [3.8, 4) is 11.1 Å². The molecule has 11 heteroatoms. The number of unbranched alkanes of at least 4 members (excludes halogenated alkanes) is 1. The first-order valence-corrected chi connectivity index (χ1v) is 19.4. The fraction of sp³-hybridized carbons (Fsp3) is 0.333. The lowest BCUT2D eigenvalue weighted by Crippen LogP contribution is -2.41. The van der Waals surface area contributed by atoms with E-state index in [-0.39, 0.29) is 23.2 Å². The van der Waals surface area contributed by atoms with Gasteiger partial charge in [0.1, 0.15) is 6.04 Å². The highest BCUT2D eigenvalue weighted by Crippen LogP contribution is 2.29. The summed E-state index contributed by atoms with van der Waals surface area (Å²) in [5.41, 5.74) is 6.88. The van der Waals surface area contributed by atoms with Crippen LogP contribution in [-0.4, -0.2) is 61.4 Å². The number of aliphatic carboxylic acids is 1. The van der Waals surface area contributed by atoms with Gasteiger partial charge in [-0.3, -0.25) is 9.69 Å². The standard InChI is InChI=1S/C32H40N2O3S.C7H9NO2S.ClH/c1-4-5-19-34(20-17-25-12-7-6-8-13-25)23-26-15-16-28(29(22-26)27-14-10-9-11-24(27)2)31(35)33-30(32(36)37)18-21-38-3;1-6-2-4-7(5-3-6)11(8,9)10;/h6-16,22,30H,4-5,17-21,23H2,1-3H3,(H,33,35)(H,36,37);2-5H,1H3,(H2,8,9,10);1H. The first-order valence-electron chi connectivity index (χ1n) is 16.5. The zero-order valence-electron chi connectivity index (χ0n) is 29.3. The van der Waals surface area contributed by atoms with Gasteiger partial charge in [-0.1, -0.05) is 91.7 Å². The summed E-state index contributed by atoms with van der Waals surface area (Å²) in [5, 5.41) is 17.3. The zero-order chi connectivity index (χ0) is 35.8.